The van der Waals surface area contributed by atoms with Crippen LogP contribution in [0.25, 0.3) is 10.9 Å². The van der Waals surface area contributed by atoms with Gasteiger partial charge in [-0.2, -0.15) is 0 Å². The Hall–Kier alpha value is -1.45. The van der Waals surface area contributed by atoms with Crippen molar-refractivity contribution in [1.29, 1.82) is 0 Å². The average molecular weight is 269 g/mol. The number of piperazine rings is 1. The first-order chi connectivity index (χ1) is 9.76. The van der Waals surface area contributed by atoms with Crippen LogP contribution in [0.4, 0.5) is 0 Å². The van der Waals surface area contributed by atoms with E-state index in [9.17, 15) is 0 Å². The van der Waals surface area contributed by atoms with Crippen molar-refractivity contribution < 1.29 is 0 Å². The first kappa shape index (κ1) is 13.5. The third-order valence-electron chi connectivity index (χ3n) is 4.33. The van der Waals surface area contributed by atoms with Gasteiger partial charge in [0.05, 0.1) is 5.52 Å². The van der Waals surface area contributed by atoms with Gasteiger partial charge in [-0.3, -0.25) is 9.88 Å². The van der Waals surface area contributed by atoms with Crippen molar-refractivity contribution in [1.82, 2.24) is 15.2 Å². The fourth-order valence-corrected chi connectivity index (χ4v) is 2.95. The molecule has 2 atom stereocenters. The molecule has 0 amide bonds. The van der Waals surface area contributed by atoms with Crippen LogP contribution in [0.2, 0.25) is 0 Å². The Morgan fingerprint density at radius 3 is 3.10 bits per heavy atom. The van der Waals surface area contributed by atoms with Crippen LogP contribution in [0.1, 0.15) is 25.8 Å². The van der Waals surface area contributed by atoms with Gasteiger partial charge in [0.2, 0.25) is 0 Å². The monoisotopic (exact) mass is 269 g/mol. The number of hydrogen-bond acceptors (Lipinski definition) is 3. The minimum absolute atomic E-state index is 0.599. The summed E-state index contributed by atoms with van der Waals surface area (Å²) in [7, 11) is 0. The van der Waals surface area contributed by atoms with Crippen molar-refractivity contribution in [2.45, 2.75) is 38.9 Å². The maximum absolute atomic E-state index is 4.39. The minimum atomic E-state index is 0.599. The van der Waals surface area contributed by atoms with Crippen molar-refractivity contribution in [3.8, 4) is 0 Å². The van der Waals surface area contributed by atoms with Crippen LogP contribution >= 0.6 is 0 Å². The largest absolute Gasteiger partial charge is 0.311 e. The molecule has 1 aromatic heterocycles. The molecule has 3 nitrogen and oxygen atoms in total. The third kappa shape index (κ3) is 2.84. The Morgan fingerprint density at radius 1 is 1.35 bits per heavy atom. The second-order valence-electron chi connectivity index (χ2n) is 5.82. The fraction of sp³-hybridized carbons (Fsp3) is 0.471. The highest BCUT2D eigenvalue weighted by Crippen LogP contribution is 2.17. The van der Waals surface area contributed by atoms with E-state index in [1.54, 1.807) is 0 Å². The number of fused-ring (bicyclic) bond motifs is 1. The lowest BCUT2D eigenvalue weighted by atomic mass is 10.1. The van der Waals surface area contributed by atoms with Gasteiger partial charge in [-0.1, -0.05) is 19.1 Å². The molecule has 1 fully saturated rings. The van der Waals surface area contributed by atoms with Crippen molar-refractivity contribution >= 4 is 10.9 Å². The van der Waals surface area contributed by atoms with Crippen LogP contribution in [-0.4, -0.2) is 35.1 Å². The predicted octanol–water partition coefficient (Wildman–Crippen LogP) is 2.81. The lowest BCUT2D eigenvalue weighted by molar-refractivity contribution is 0.131. The van der Waals surface area contributed by atoms with E-state index in [4.69, 9.17) is 0 Å². The summed E-state index contributed by atoms with van der Waals surface area (Å²) in [6.07, 6.45) is 3.05. The molecule has 3 rings (SSSR count). The molecule has 2 aromatic rings. The number of benzene rings is 1. The summed E-state index contributed by atoms with van der Waals surface area (Å²) in [5.74, 6) is 0. The molecule has 3 heteroatoms. The van der Waals surface area contributed by atoms with E-state index in [2.05, 4.69) is 53.3 Å². The summed E-state index contributed by atoms with van der Waals surface area (Å²) < 4.78 is 0. The zero-order chi connectivity index (χ0) is 13.9. The van der Waals surface area contributed by atoms with Crippen LogP contribution in [0, 0.1) is 0 Å². The second kappa shape index (κ2) is 5.90. The quantitative estimate of drug-likeness (QED) is 0.928. The second-order valence-corrected chi connectivity index (χ2v) is 5.82. The average Bonchev–Trinajstić information content (AvgIpc) is 2.49. The summed E-state index contributed by atoms with van der Waals surface area (Å²) in [4.78, 5) is 6.97. The van der Waals surface area contributed by atoms with Gasteiger partial charge in [-0.15, -0.1) is 0 Å². The van der Waals surface area contributed by atoms with Crippen LogP contribution < -0.4 is 5.32 Å². The SMILES string of the molecule is CCC1CN(Cc2ccc3ncccc3c2)C(C)CN1. The zero-order valence-corrected chi connectivity index (χ0v) is 12.3. The molecule has 0 radical (unpaired) electrons. The maximum Gasteiger partial charge on any atom is 0.0702 e. The maximum atomic E-state index is 4.39. The van der Waals surface area contributed by atoms with E-state index in [0.717, 1.165) is 25.2 Å². The molecule has 1 aliphatic heterocycles. The van der Waals surface area contributed by atoms with E-state index in [1.807, 2.05) is 12.3 Å². The van der Waals surface area contributed by atoms with Crippen molar-refractivity contribution in [3.63, 3.8) is 0 Å². The smallest absolute Gasteiger partial charge is 0.0702 e. The molecule has 2 heterocycles. The molecular weight excluding hydrogens is 246 g/mol. The number of nitrogens with one attached hydrogen (secondary N) is 1. The minimum Gasteiger partial charge on any atom is -0.311 e. The van der Waals surface area contributed by atoms with Crippen LogP contribution in [0.5, 0.6) is 0 Å². The third-order valence-corrected chi connectivity index (χ3v) is 4.33. The van der Waals surface area contributed by atoms with E-state index < -0.39 is 0 Å². The highest BCUT2D eigenvalue weighted by Gasteiger charge is 2.23. The molecule has 1 saturated heterocycles. The Morgan fingerprint density at radius 2 is 2.25 bits per heavy atom. The molecule has 0 saturated carbocycles. The Bertz CT molecular complexity index is 581. The summed E-state index contributed by atoms with van der Waals surface area (Å²) in [6.45, 7) is 7.83. The molecule has 1 aliphatic rings. The normalized spacial score (nSPS) is 24.1. The molecule has 0 spiro atoms. The van der Waals surface area contributed by atoms with Gasteiger partial charge in [-0.25, -0.2) is 0 Å². The number of pyridine rings is 1. The van der Waals surface area contributed by atoms with Crippen molar-refractivity contribution in [3.05, 3.63) is 42.1 Å². The van der Waals surface area contributed by atoms with E-state index >= 15 is 0 Å². The van der Waals surface area contributed by atoms with E-state index in [0.29, 0.717) is 12.1 Å². The summed E-state index contributed by atoms with van der Waals surface area (Å²) in [6, 6.07) is 12.0. The van der Waals surface area contributed by atoms with Crippen LogP contribution in [0.3, 0.4) is 0 Å². The van der Waals surface area contributed by atoms with Gasteiger partial charge in [-0.05, 0) is 37.1 Å². The first-order valence-corrected chi connectivity index (χ1v) is 7.57. The lowest BCUT2D eigenvalue weighted by Crippen LogP contribution is -2.54. The number of nitrogens with zero attached hydrogens (tertiary/aromatic N) is 2. The number of rotatable bonds is 3. The topological polar surface area (TPSA) is 28.2 Å². The molecule has 0 aliphatic carbocycles. The summed E-state index contributed by atoms with van der Waals surface area (Å²) in [5, 5.41) is 4.85. The van der Waals surface area contributed by atoms with Gasteiger partial charge < -0.3 is 5.32 Å². The van der Waals surface area contributed by atoms with E-state index in [-0.39, 0.29) is 0 Å². The van der Waals surface area contributed by atoms with Gasteiger partial charge in [0.25, 0.3) is 0 Å². The zero-order valence-electron chi connectivity index (χ0n) is 12.3. The highest BCUT2D eigenvalue weighted by atomic mass is 15.2. The van der Waals surface area contributed by atoms with Gasteiger partial charge in [0.15, 0.2) is 0 Å². The molecule has 1 aromatic carbocycles. The molecule has 106 valence electrons. The van der Waals surface area contributed by atoms with Crippen LogP contribution in [-0.2, 0) is 6.54 Å². The molecule has 1 N–H and O–H groups in total. The van der Waals surface area contributed by atoms with Gasteiger partial charge >= 0.3 is 0 Å². The molecule has 2 unspecified atom stereocenters. The number of aromatic nitrogens is 1. The molecule has 20 heavy (non-hydrogen) atoms. The number of hydrogen-bond donors (Lipinski definition) is 1. The Kier molecular flexibility index (Phi) is 3.99. The van der Waals surface area contributed by atoms with Gasteiger partial charge in [0.1, 0.15) is 0 Å². The highest BCUT2D eigenvalue weighted by molar-refractivity contribution is 5.78. The standard InChI is InChI=1S/C17H23N3/c1-3-16-12-20(13(2)10-19-16)11-14-6-7-17-15(9-14)5-4-8-18-17/h4-9,13,16,19H,3,10-12H2,1-2H3. The fourth-order valence-electron chi connectivity index (χ4n) is 2.95. The first-order valence-electron chi connectivity index (χ1n) is 7.57. The summed E-state index contributed by atoms with van der Waals surface area (Å²) >= 11 is 0. The van der Waals surface area contributed by atoms with Crippen molar-refractivity contribution in [2.24, 2.45) is 0 Å². The Balaban J connectivity index is 1.77. The Labute approximate surface area is 121 Å². The lowest BCUT2D eigenvalue weighted by Gasteiger charge is -2.38. The van der Waals surface area contributed by atoms with Crippen molar-refractivity contribution in [2.75, 3.05) is 13.1 Å². The predicted molar refractivity (Wildman–Crippen MR) is 83.7 cm³/mol. The van der Waals surface area contributed by atoms with E-state index in [1.165, 1.54) is 17.4 Å². The summed E-state index contributed by atoms with van der Waals surface area (Å²) in [5.41, 5.74) is 2.46. The van der Waals surface area contributed by atoms with Crippen LogP contribution in [0.15, 0.2) is 36.5 Å². The molecule has 0 bridgehead atoms. The van der Waals surface area contributed by atoms with Gasteiger partial charge in [0, 0.05) is 43.3 Å². The molecular formula is C17H23N3.